The molecule has 5 heteroatoms. The molecule has 2 N–H and O–H groups in total. The molecule has 98 valence electrons. The Labute approximate surface area is 102 Å². The number of carbonyl (C=O) groups is 2. The van der Waals surface area contributed by atoms with E-state index in [2.05, 4.69) is 19.2 Å². The number of aliphatic carboxylic acids is 1. The van der Waals surface area contributed by atoms with Crippen molar-refractivity contribution in [3.05, 3.63) is 0 Å². The molecule has 1 atom stereocenters. The molecule has 0 aromatic heterocycles. The van der Waals surface area contributed by atoms with Crippen LogP contribution in [0.2, 0.25) is 0 Å². The van der Waals surface area contributed by atoms with Crippen LogP contribution in [-0.4, -0.2) is 47.6 Å². The van der Waals surface area contributed by atoms with Crippen molar-refractivity contribution in [1.82, 2.24) is 10.2 Å². The van der Waals surface area contributed by atoms with E-state index in [1.54, 1.807) is 0 Å². The Balaban J connectivity index is 2.24. The molecule has 17 heavy (non-hydrogen) atoms. The minimum Gasteiger partial charge on any atom is -0.481 e. The van der Waals surface area contributed by atoms with Gasteiger partial charge in [-0.15, -0.1) is 0 Å². The highest BCUT2D eigenvalue weighted by Crippen LogP contribution is 2.21. The van der Waals surface area contributed by atoms with Crippen molar-refractivity contribution in [2.24, 2.45) is 11.8 Å². The van der Waals surface area contributed by atoms with Gasteiger partial charge in [0, 0.05) is 19.6 Å². The number of nitrogens with one attached hydrogen (secondary N) is 1. The zero-order chi connectivity index (χ0) is 13.0. The summed E-state index contributed by atoms with van der Waals surface area (Å²) in [5.74, 6) is -0.0748. The molecular formula is C12H22N2O3. The van der Waals surface area contributed by atoms with E-state index in [1.807, 2.05) is 11.8 Å². The number of hydrogen-bond donors (Lipinski definition) is 2. The molecule has 1 rings (SSSR count). The van der Waals surface area contributed by atoms with Crippen molar-refractivity contribution in [2.75, 3.05) is 19.6 Å². The number of nitrogens with zero attached hydrogens (tertiary/aromatic N) is 1. The predicted molar refractivity (Wildman–Crippen MR) is 64.6 cm³/mol. The number of carboxylic acid groups (broad SMARTS) is 1. The van der Waals surface area contributed by atoms with E-state index in [0.717, 1.165) is 0 Å². The summed E-state index contributed by atoms with van der Waals surface area (Å²) in [4.78, 5) is 24.3. The third-order valence-corrected chi connectivity index (χ3v) is 3.06. The SMILES string of the molecule is CC(C)CNC(=O)C(C)N1CC(CC(=O)O)C1. The van der Waals surface area contributed by atoms with E-state index < -0.39 is 5.97 Å². The maximum absolute atomic E-state index is 11.7. The quantitative estimate of drug-likeness (QED) is 0.714. The van der Waals surface area contributed by atoms with Gasteiger partial charge >= 0.3 is 5.97 Å². The first-order chi connectivity index (χ1) is 7.90. The minimum absolute atomic E-state index is 0.0347. The number of rotatable bonds is 6. The second-order valence-electron chi connectivity index (χ2n) is 5.23. The highest BCUT2D eigenvalue weighted by molar-refractivity contribution is 5.81. The summed E-state index contributed by atoms with van der Waals surface area (Å²) >= 11 is 0. The highest BCUT2D eigenvalue weighted by Gasteiger charge is 2.34. The first kappa shape index (κ1) is 14.0. The van der Waals surface area contributed by atoms with Gasteiger partial charge in [0.15, 0.2) is 0 Å². The first-order valence-electron chi connectivity index (χ1n) is 6.13. The molecule has 0 spiro atoms. The van der Waals surface area contributed by atoms with Gasteiger partial charge in [0.2, 0.25) is 5.91 Å². The lowest BCUT2D eigenvalue weighted by Crippen LogP contribution is -2.56. The normalized spacial score (nSPS) is 18.8. The van der Waals surface area contributed by atoms with E-state index >= 15 is 0 Å². The second-order valence-corrected chi connectivity index (χ2v) is 5.23. The van der Waals surface area contributed by atoms with Gasteiger partial charge in [-0.1, -0.05) is 13.8 Å². The van der Waals surface area contributed by atoms with E-state index in [4.69, 9.17) is 5.11 Å². The average Bonchev–Trinajstić information content (AvgIpc) is 2.17. The van der Waals surface area contributed by atoms with Gasteiger partial charge in [0.25, 0.3) is 0 Å². The molecule has 1 aliphatic heterocycles. The van der Waals surface area contributed by atoms with Gasteiger partial charge in [-0.3, -0.25) is 14.5 Å². The minimum atomic E-state index is -0.758. The van der Waals surface area contributed by atoms with E-state index in [1.165, 1.54) is 0 Å². The second kappa shape index (κ2) is 6.00. The van der Waals surface area contributed by atoms with Crippen LogP contribution in [0.15, 0.2) is 0 Å². The lowest BCUT2D eigenvalue weighted by Gasteiger charge is -2.41. The number of likely N-dealkylation sites (tertiary alicyclic amines) is 1. The zero-order valence-corrected chi connectivity index (χ0v) is 10.8. The number of carbonyl (C=O) groups excluding carboxylic acids is 1. The van der Waals surface area contributed by atoms with Crippen LogP contribution in [-0.2, 0) is 9.59 Å². The fraction of sp³-hybridized carbons (Fsp3) is 0.833. The zero-order valence-electron chi connectivity index (χ0n) is 10.8. The van der Waals surface area contributed by atoms with Crippen molar-refractivity contribution in [1.29, 1.82) is 0 Å². The molecule has 0 saturated carbocycles. The summed E-state index contributed by atoms with van der Waals surface area (Å²) in [6.07, 6.45) is 0.205. The Kier molecular flexibility index (Phi) is 4.93. The summed E-state index contributed by atoms with van der Waals surface area (Å²) in [5.41, 5.74) is 0. The van der Waals surface area contributed by atoms with Gasteiger partial charge in [0.1, 0.15) is 0 Å². The van der Waals surface area contributed by atoms with Crippen molar-refractivity contribution < 1.29 is 14.7 Å². The molecule has 0 aromatic rings. The third kappa shape index (κ3) is 4.34. The standard InChI is InChI=1S/C12H22N2O3/c1-8(2)5-13-12(17)9(3)14-6-10(7-14)4-11(15)16/h8-10H,4-7H2,1-3H3,(H,13,17)(H,15,16). The summed E-state index contributed by atoms with van der Waals surface area (Å²) in [5, 5.41) is 11.5. The van der Waals surface area contributed by atoms with Crippen LogP contribution in [0.4, 0.5) is 0 Å². The predicted octanol–water partition coefficient (Wildman–Crippen LogP) is 0.554. The molecule has 0 radical (unpaired) electrons. The van der Waals surface area contributed by atoms with Crippen molar-refractivity contribution >= 4 is 11.9 Å². The Morgan fingerprint density at radius 3 is 2.41 bits per heavy atom. The smallest absolute Gasteiger partial charge is 0.303 e. The van der Waals surface area contributed by atoms with Crippen LogP contribution in [0.5, 0.6) is 0 Å². The average molecular weight is 242 g/mol. The molecule has 0 bridgehead atoms. The van der Waals surface area contributed by atoms with Crippen molar-refractivity contribution in [3.8, 4) is 0 Å². The molecule has 0 aliphatic carbocycles. The van der Waals surface area contributed by atoms with Gasteiger partial charge in [0.05, 0.1) is 12.5 Å². The van der Waals surface area contributed by atoms with Crippen molar-refractivity contribution in [3.63, 3.8) is 0 Å². The molecule has 1 heterocycles. The largest absolute Gasteiger partial charge is 0.481 e. The fourth-order valence-corrected chi connectivity index (χ4v) is 1.92. The monoisotopic (exact) mass is 242 g/mol. The van der Waals surface area contributed by atoms with E-state index in [0.29, 0.717) is 25.6 Å². The molecule has 0 aromatic carbocycles. The Morgan fingerprint density at radius 1 is 1.35 bits per heavy atom. The Hall–Kier alpha value is -1.10. The number of amides is 1. The Morgan fingerprint density at radius 2 is 1.94 bits per heavy atom. The molecule has 1 fully saturated rings. The fourth-order valence-electron chi connectivity index (χ4n) is 1.92. The number of hydrogen-bond acceptors (Lipinski definition) is 3. The molecule has 1 amide bonds. The molecular weight excluding hydrogens is 220 g/mol. The van der Waals surface area contributed by atoms with Crippen LogP contribution in [0.25, 0.3) is 0 Å². The topological polar surface area (TPSA) is 69.6 Å². The maximum atomic E-state index is 11.7. The van der Waals surface area contributed by atoms with Gasteiger partial charge in [-0.25, -0.2) is 0 Å². The summed E-state index contributed by atoms with van der Waals surface area (Å²) in [6.45, 7) is 8.09. The van der Waals surface area contributed by atoms with Crippen LogP contribution >= 0.6 is 0 Å². The lowest BCUT2D eigenvalue weighted by molar-refractivity contribution is -0.140. The summed E-state index contributed by atoms with van der Waals surface area (Å²) in [7, 11) is 0. The molecule has 5 nitrogen and oxygen atoms in total. The van der Waals surface area contributed by atoms with Crippen LogP contribution < -0.4 is 5.32 Å². The molecule has 1 unspecified atom stereocenters. The van der Waals surface area contributed by atoms with Crippen LogP contribution in [0, 0.1) is 11.8 Å². The van der Waals surface area contributed by atoms with Crippen LogP contribution in [0.3, 0.4) is 0 Å². The van der Waals surface area contributed by atoms with Gasteiger partial charge < -0.3 is 10.4 Å². The van der Waals surface area contributed by atoms with Gasteiger partial charge in [-0.05, 0) is 18.8 Å². The van der Waals surface area contributed by atoms with Crippen LogP contribution in [0.1, 0.15) is 27.2 Å². The Bertz CT molecular complexity index is 285. The maximum Gasteiger partial charge on any atom is 0.303 e. The van der Waals surface area contributed by atoms with Gasteiger partial charge in [-0.2, -0.15) is 0 Å². The summed E-state index contributed by atoms with van der Waals surface area (Å²) < 4.78 is 0. The lowest BCUT2D eigenvalue weighted by atomic mass is 9.94. The molecule has 1 saturated heterocycles. The summed E-state index contributed by atoms with van der Waals surface area (Å²) in [6, 6.07) is -0.154. The first-order valence-corrected chi connectivity index (χ1v) is 6.13. The number of carboxylic acids is 1. The highest BCUT2D eigenvalue weighted by atomic mass is 16.4. The third-order valence-electron chi connectivity index (χ3n) is 3.06. The van der Waals surface area contributed by atoms with Crippen molar-refractivity contribution in [2.45, 2.75) is 33.2 Å². The van der Waals surface area contributed by atoms with E-state index in [-0.39, 0.29) is 24.3 Å². The molecule has 1 aliphatic rings. The van der Waals surface area contributed by atoms with E-state index in [9.17, 15) is 9.59 Å².